The van der Waals surface area contributed by atoms with Gasteiger partial charge in [-0.1, -0.05) is 0 Å². The smallest absolute Gasteiger partial charge is 0.339 e. The Labute approximate surface area is 108 Å². The Morgan fingerprint density at radius 3 is 2.67 bits per heavy atom. The Morgan fingerprint density at radius 1 is 1.50 bits per heavy atom. The summed E-state index contributed by atoms with van der Waals surface area (Å²) in [6, 6.07) is 3.67. The number of hydrogen-bond donors (Lipinski definition) is 1. The first-order valence-electron chi connectivity index (χ1n) is 6.46. The minimum atomic E-state index is -0.904. The molecule has 4 nitrogen and oxygen atoms in total. The van der Waals surface area contributed by atoms with Gasteiger partial charge in [-0.05, 0) is 51.7 Å². The number of nitrogens with zero attached hydrogens (tertiary/aromatic N) is 2. The summed E-state index contributed by atoms with van der Waals surface area (Å²) < 4.78 is 0. The zero-order valence-corrected chi connectivity index (χ0v) is 11.2. The van der Waals surface area contributed by atoms with E-state index in [1.807, 2.05) is 6.92 Å². The Hall–Kier alpha value is -1.58. The summed E-state index contributed by atoms with van der Waals surface area (Å²) in [6.45, 7) is 6.97. The molecule has 1 aliphatic carbocycles. The highest BCUT2D eigenvalue weighted by Gasteiger charge is 2.28. The SMILES string of the molecule is Cc1ccc(C(=O)O)c(N(CC2CC2)C(C)C)n1. The molecule has 1 aromatic rings. The zero-order valence-electron chi connectivity index (χ0n) is 11.2. The number of pyridine rings is 1. The van der Waals surface area contributed by atoms with Crippen molar-refractivity contribution in [3.8, 4) is 0 Å². The molecule has 98 valence electrons. The van der Waals surface area contributed by atoms with Gasteiger partial charge in [0.05, 0.1) is 0 Å². The van der Waals surface area contributed by atoms with Crippen LogP contribution < -0.4 is 4.90 Å². The number of aromatic carboxylic acids is 1. The van der Waals surface area contributed by atoms with Crippen LogP contribution in [-0.4, -0.2) is 28.6 Å². The van der Waals surface area contributed by atoms with Gasteiger partial charge in [-0.3, -0.25) is 0 Å². The van der Waals surface area contributed by atoms with Crippen LogP contribution in [-0.2, 0) is 0 Å². The van der Waals surface area contributed by atoms with E-state index in [1.165, 1.54) is 12.8 Å². The number of aromatic nitrogens is 1. The van der Waals surface area contributed by atoms with Gasteiger partial charge in [0.15, 0.2) is 0 Å². The van der Waals surface area contributed by atoms with Crippen LogP contribution in [0.1, 0.15) is 42.7 Å². The second kappa shape index (κ2) is 4.96. The number of carboxylic acids is 1. The van der Waals surface area contributed by atoms with E-state index in [1.54, 1.807) is 12.1 Å². The molecule has 0 aromatic carbocycles. The lowest BCUT2D eigenvalue weighted by Crippen LogP contribution is -2.35. The molecular formula is C14H20N2O2. The van der Waals surface area contributed by atoms with Crippen LogP contribution in [0.4, 0.5) is 5.82 Å². The Bertz CT molecular complexity index is 453. The van der Waals surface area contributed by atoms with E-state index >= 15 is 0 Å². The summed E-state index contributed by atoms with van der Waals surface area (Å²) in [5, 5.41) is 9.27. The van der Waals surface area contributed by atoms with Crippen LogP contribution in [0.3, 0.4) is 0 Å². The van der Waals surface area contributed by atoms with Gasteiger partial charge in [-0.2, -0.15) is 0 Å². The quantitative estimate of drug-likeness (QED) is 0.870. The van der Waals surface area contributed by atoms with E-state index in [2.05, 4.69) is 23.7 Å². The molecule has 18 heavy (non-hydrogen) atoms. The molecule has 1 saturated carbocycles. The maximum Gasteiger partial charge on any atom is 0.339 e. The molecule has 2 rings (SSSR count). The molecule has 1 aromatic heterocycles. The number of hydrogen-bond acceptors (Lipinski definition) is 3. The third kappa shape index (κ3) is 2.81. The Balaban J connectivity index is 2.37. The lowest BCUT2D eigenvalue weighted by atomic mass is 10.2. The highest BCUT2D eigenvalue weighted by molar-refractivity contribution is 5.93. The van der Waals surface area contributed by atoms with Gasteiger partial charge in [0, 0.05) is 18.3 Å². The summed E-state index contributed by atoms with van der Waals surface area (Å²) >= 11 is 0. The molecule has 0 atom stereocenters. The fourth-order valence-corrected chi connectivity index (χ4v) is 2.05. The van der Waals surface area contributed by atoms with Gasteiger partial charge in [0.25, 0.3) is 0 Å². The minimum absolute atomic E-state index is 0.262. The molecule has 1 heterocycles. The molecule has 0 unspecified atom stereocenters. The lowest BCUT2D eigenvalue weighted by Gasteiger charge is -2.29. The Kier molecular flexibility index (Phi) is 3.55. The van der Waals surface area contributed by atoms with Crippen molar-refractivity contribution in [3.05, 3.63) is 23.4 Å². The second-order valence-corrected chi connectivity index (χ2v) is 5.32. The van der Waals surface area contributed by atoms with E-state index < -0.39 is 5.97 Å². The van der Waals surface area contributed by atoms with Gasteiger partial charge >= 0.3 is 5.97 Å². The van der Waals surface area contributed by atoms with Crippen molar-refractivity contribution in [2.45, 2.75) is 39.7 Å². The fourth-order valence-electron chi connectivity index (χ4n) is 2.05. The Morgan fingerprint density at radius 2 is 2.17 bits per heavy atom. The van der Waals surface area contributed by atoms with Crippen LogP contribution in [0.15, 0.2) is 12.1 Å². The van der Waals surface area contributed by atoms with Crippen LogP contribution in [0, 0.1) is 12.8 Å². The fraction of sp³-hybridized carbons (Fsp3) is 0.571. The first kappa shape index (κ1) is 12.9. The molecule has 0 aliphatic heterocycles. The third-order valence-corrected chi connectivity index (χ3v) is 3.29. The normalized spacial score (nSPS) is 14.9. The maximum absolute atomic E-state index is 11.3. The molecule has 0 spiro atoms. The monoisotopic (exact) mass is 248 g/mol. The van der Waals surface area contributed by atoms with Gasteiger partial charge in [0.1, 0.15) is 11.4 Å². The van der Waals surface area contributed by atoms with Crippen LogP contribution in [0.25, 0.3) is 0 Å². The van der Waals surface area contributed by atoms with Crippen molar-refractivity contribution in [3.63, 3.8) is 0 Å². The lowest BCUT2D eigenvalue weighted by molar-refractivity contribution is 0.0697. The average Bonchev–Trinajstić information content (AvgIpc) is 3.08. The minimum Gasteiger partial charge on any atom is -0.478 e. The maximum atomic E-state index is 11.3. The largest absolute Gasteiger partial charge is 0.478 e. The van der Waals surface area contributed by atoms with E-state index in [0.717, 1.165) is 12.2 Å². The highest BCUT2D eigenvalue weighted by Crippen LogP contribution is 2.32. The third-order valence-electron chi connectivity index (χ3n) is 3.29. The van der Waals surface area contributed by atoms with Crippen molar-refractivity contribution in [2.75, 3.05) is 11.4 Å². The van der Waals surface area contributed by atoms with Crippen molar-refractivity contribution >= 4 is 11.8 Å². The van der Waals surface area contributed by atoms with E-state index in [4.69, 9.17) is 0 Å². The first-order valence-corrected chi connectivity index (χ1v) is 6.46. The summed E-state index contributed by atoms with van der Waals surface area (Å²) in [6.07, 6.45) is 2.49. The number of rotatable bonds is 5. The van der Waals surface area contributed by atoms with Crippen molar-refractivity contribution in [1.29, 1.82) is 0 Å². The zero-order chi connectivity index (χ0) is 13.3. The molecular weight excluding hydrogens is 228 g/mol. The molecule has 4 heteroatoms. The summed E-state index contributed by atoms with van der Waals surface area (Å²) in [5.41, 5.74) is 1.16. The first-order chi connectivity index (χ1) is 8.49. The van der Waals surface area contributed by atoms with Gasteiger partial charge in [-0.15, -0.1) is 0 Å². The predicted molar refractivity (Wildman–Crippen MR) is 71.1 cm³/mol. The average molecular weight is 248 g/mol. The van der Waals surface area contributed by atoms with Crippen molar-refractivity contribution < 1.29 is 9.90 Å². The van der Waals surface area contributed by atoms with Crippen LogP contribution >= 0.6 is 0 Å². The van der Waals surface area contributed by atoms with E-state index in [9.17, 15) is 9.90 Å². The number of anilines is 1. The van der Waals surface area contributed by atoms with E-state index in [0.29, 0.717) is 17.3 Å². The van der Waals surface area contributed by atoms with Crippen molar-refractivity contribution in [1.82, 2.24) is 4.98 Å². The molecule has 1 fully saturated rings. The van der Waals surface area contributed by atoms with E-state index in [-0.39, 0.29) is 6.04 Å². The van der Waals surface area contributed by atoms with Crippen molar-refractivity contribution in [2.24, 2.45) is 5.92 Å². The molecule has 0 radical (unpaired) electrons. The topological polar surface area (TPSA) is 53.4 Å². The second-order valence-electron chi connectivity index (χ2n) is 5.32. The van der Waals surface area contributed by atoms with Gasteiger partial charge in [0.2, 0.25) is 0 Å². The number of carboxylic acid groups (broad SMARTS) is 1. The summed E-state index contributed by atoms with van der Waals surface area (Å²) in [4.78, 5) is 17.9. The van der Waals surface area contributed by atoms with Crippen LogP contribution in [0.5, 0.6) is 0 Å². The van der Waals surface area contributed by atoms with Gasteiger partial charge < -0.3 is 10.0 Å². The summed E-state index contributed by atoms with van der Waals surface area (Å²) in [7, 11) is 0. The molecule has 0 bridgehead atoms. The standard InChI is InChI=1S/C14H20N2O2/c1-9(2)16(8-11-5-6-11)13-12(14(17)18)7-4-10(3)15-13/h4,7,9,11H,5-6,8H2,1-3H3,(H,17,18). The summed E-state index contributed by atoms with van der Waals surface area (Å²) in [5.74, 6) is 0.416. The molecule has 1 aliphatic rings. The molecule has 0 saturated heterocycles. The number of carbonyl (C=O) groups is 1. The molecule has 0 amide bonds. The molecule has 1 N–H and O–H groups in total. The van der Waals surface area contributed by atoms with Gasteiger partial charge in [-0.25, -0.2) is 9.78 Å². The van der Waals surface area contributed by atoms with Crippen LogP contribution in [0.2, 0.25) is 0 Å². The number of aryl methyl sites for hydroxylation is 1. The predicted octanol–water partition coefficient (Wildman–Crippen LogP) is 2.71. The highest BCUT2D eigenvalue weighted by atomic mass is 16.4.